The summed E-state index contributed by atoms with van der Waals surface area (Å²) in [7, 11) is -3.47. The molecule has 0 amide bonds. The number of hydrogen-bond acceptors (Lipinski definition) is 5. The van der Waals surface area contributed by atoms with Crippen molar-refractivity contribution in [3.8, 4) is 0 Å². The Morgan fingerprint density at radius 2 is 1.90 bits per heavy atom. The molecule has 20 heavy (non-hydrogen) atoms. The molecule has 0 saturated carbocycles. The molecule has 5 nitrogen and oxygen atoms in total. The number of ether oxygens (including phenoxy) is 1. The largest absolute Gasteiger partial charge is 0.458 e. The van der Waals surface area contributed by atoms with E-state index in [0.29, 0.717) is 18.4 Å². The molecule has 0 unspecified atom stereocenters. The van der Waals surface area contributed by atoms with Crippen LogP contribution in [0.3, 0.4) is 0 Å². The maximum absolute atomic E-state index is 12.9. The summed E-state index contributed by atoms with van der Waals surface area (Å²) < 4.78 is 44.2. The number of carbonyl (C=O) groups is 1. The van der Waals surface area contributed by atoms with E-state index in [2.05, 4.69) is 4.18 Å². The fraction of sp³-hybridized carbons (Fsp3) is 0.462. The van der Waals surface area contributed by atoms with Crippen molar-refractivity contribution in [3.05, 3.63) is 35.6 Å². The number of halogens is 1. The van der Waals surface area contributed by atoms with Crippen LogP contribution in [-0.2, 0) is 23.8 Å². The van der Waals surface area contributed by atoms with Gasteiger partial charge in [0, 0.05) is 6.92 Å². The number of benzene rings is 1. The molecule has 0 fully saturated rings. The van der Waals surface area contributed by atoms with E-state index in [-0.39, 0.29) is 12.4 Å². The van der Waals surface area contributed by atoms with Gasteiger partial charge in [-0.2, -0.15) is 8.42 Å². The first-order valence-electron chi connectivity index (χ1n) is 6.05. The summed E-state index contributed by atoms with van der Waals surface area (Å²) in [5.41, 5.74) is 0.654. The molecule has 0 bridgehead atoms. The fourth-order valence-electron chi connectivity index (χ4n) is 1.65. The van der Waals surface area contributed by atoms with Crippen molar-refractivity contribution in [2.24, 2.45) is 0 Å². The average molecular weight is 304 g/mol. The lowest BCUT2D eigenvalue weighted by atomic mass is 10.0. The number of hydrogen-bond donors (Lipinski definition) is 0. The van der Waals surface area contributed by atoms with Gasteiger partial charge in [0.1, 0.15) is 11.9 Å². The molecule has 0 spiro atoms. The van der Waals surface area contributed by atoms with Crippen LogP contribution >= 0.6 is 0 Å². The highest BCUT2D eigenvalue weighted by atomic mass is 32.2. The topological polar surface area (TPSA) is 69.7 Å². The number of rotatable bonds is 7. The Morgan fingerprint density at radius 1 is 1.30 bits per heavy atom. The molecule has 1 aromatic carbocycles. The monoisotopic (exact) mass is 304 g/mol. The van der Waals surface area contributed by atoms with Crippen LogP contribution in [0, 0.1) is 5.82 Å². The van der Waals surface area contributed by atoms with Crippen molar-refractivity contribution in [3.63, 3.8) is 0 Å². The van der Waals surface area contributed by atoms with E-state index in [1.807, 2.05) is 0 Å². The summed E-state index contributed by atoms with van der Waals surface area (Å²) >= 11 is 0. The Morgan fingerprint density at radius 3 is 2.40 bits per heavy atom. The molecule has 1 atom stereocenters. The standard InChI is InChI=1S/C13H17FO5S/c1-10(15)19-13(4-3-9-18-20(2,16)17)11-5-7-12(14)8-6-11/h5-8,13H,3-4,9H2,1-2H3/t13-/m0/s1. The Labute approximate surface area is 117 Å². The highest BCUT2D eigenvalue weighted by Crippen LogP contribution is 2.23. The minimum atomic E-state index is -3.47. The summed E-state index contributed by atoms with van der Waals surface area (Å²) in [5, 5.41) is 0. The van der Waals surface area contributed by atoms with Crippen LogP contribution in [-0.4, -0.2) is 27.2 Å². The quantitative estimate of drug-likeness (QED) is 0.439. The molecule has 0 aliphatic carbocycles. The molecular weight excluding hydrogens is 287 g/mol. The lowest BCUT2D eigenvalue weighted by molar-refractivity contribution is -0.147. The Balaban J connectivity index is 2.61. The van der Waals surface area contributed by atoms with Crippen LogP contribution in [0.1, 0.15) is 31.4 Å². The van der Waals surface area contributed by atoms with E-state index in [1.54, 1.807) is 0 Å². The van der Waals surface area contributed by atoms with Gasteiger partial charge in [0.15, 0.2) is 0 Å². The Bertz CT molecular complexity index is 538. The van der Waals surface area contributed by atoms with Crippen LogP contribution in [0.25, 0.3) is 0 Å². The molecule has 1 aromatic rings. The van der Waals surface area contributed by atoms with E-state index in [9.17, 15) is 17.6 Å². The van der Waals surface area contributed by atoms with E-state index in [1.165, 1.54) is 31.2 Å². The first-order chi connectivity index (χ1) is 9.28. The van der Waals surface area contributed by atoms with E-state index in [4.69, 9.17) is 4.74 Å². The SMILES string of the molecule is CC(=O)O[C@@H](CCCOS(C)(=O)=O)c1ccc(F)cc1. The van der Waals surface area contributed by atoms with Crippen LogP contribution in [0.2, 0.25) is 0 Å². The van der Waals surface area contributed by atoms with Gasteiger partial charge in [-0.05, 0) is 30.5 Å². The van der Waals surface area contributed by atoms with Gasteiger partial charge in [-0.1, -0.05) is 12.1 Å². The fourth-order valence-corrected chi connectivity index (χ4v) is 2.07. The second-order valence-electron chi connectivity index (χ2n) is 4.32. The summed E-state index contributed by atoms with van der Waals surface area (Å²) in [6.07, 6.45) is 1.20. The maximum atomic E-state index is 12.9. The van der Waals surface area contributed by atoms with Gasteiger partial charge in [-0.15, -0.1) is 0 Å². The summed E-state index contributed by atoms with van der Waals surface area (Å²) in [6, 6.07) is 5.61. The van der Waals surface area contributed by atoms with Crippen molar-refractivity contribution < 1.29 is 26.5 Å². The lowest BCUT2D eigenvalue weighted by Gasteiger charge is -2.17. The molecule has 112 valence electrons. The average Bonchev–Trinajstić information content (AvgIpc) is 2.32. The van der Waals surface area contributed by atoms with E-state index >= 15 is 0 Å². The zero-order valence-electron chi connectivity index (χ0n) is 11.3. The van der Waals surface area contributed by atoms with Crippen LogP contribution in [0.5, 0.6) is 0 Å². The third kappa shape index (κ3) is 6.63. The van der Waals surface area contributed by atoms with E-state index in [0.717, 1.165) is 6.26 Å². The van der Waals surface area contributed by atoms with Gasteiger partial charge in [0.2, 0.25) is 0 Å². The van der Waals surface area contributed by atoms with Crippen molar-refractivity contribution in [2.45, 2.75) is 25.9 Å². The van der Waals surface area contributed by atoms with Gasteiger partial charge < -0.3 is 4.74 Å². The van der Waals surface area contributed by atoms with Gasteiger partial charge in [-0.3, -0.25) is 8.98 Å². The van der Waals surface area contributed by atoms with Crippen LogP contribution < -0.4 is 0 Å². The Hall–Kier alpha value is -1.47. The Kier molecular flexibility index (Phi) is 6.09. The molecule has 1 rings (SSSR count). The second kappa shape index (κ2) is 7.35. The normalized spacial score (nSPS) is 12.9. The van der Waals surface area contributed by atoms with Crippen molar-refractivity contribution >= 4 is 16.1 Å². The predicted octanol–water partition coefficient (Wildman–Crippen LogP) is 2.19. The van der Waals surface area contributed by atoms with Gasteiger partial charge in [0.05, 0.1) is 12.9 Å². The minimum Gasteiger partial charge on any atom is -0.458 e. The summed E-state index contributed by atoms with van der Waals surface area (Å²) in [4.78, 5) is 11.1. The van der Waals surface area contributed by atoms with Crippen molar-refractivity contribution in [1.82, 2.24) is 0 Å². The van der Waals surface area contributed by atoms with Crippen molar-refractivity contribution in [2.75, 3.05) is 12.9 Å². The molecule has 0 saturated heterocycles. The predicted molar refractivity (Wildman–Crippen MR) is 70.9 cm³/mol. The molecule has 0 N–H and O–H groups in total. The minimum absolute atomic E-state index is 0.0117. The first-order valence-corrected chi connectivity index (χ1v) is 7.86. The maximum Gasteiger partial charge on any atom is 0.303 e. The summed E-state index contributed by atoms with van der Waals surface area (Å²) in [6.45, 7) is 1.29. The molecule has 0 aromatic heterocycles. The van der Waals surface area contributed by atoms with Crippen LogP contribution in [0.4, 0.5) is 4.39 Å². The highest BCUT2D eigenvalue weighted by molar-refractivity contribution is 7.85. The van der Waals surface area contributed by atoms with E-state index < -0.39 is 22.2 Å². The molecule has 0 heterocycles. The van der Waals surface area contributed by atoms with Gasteiger partial charge in [-0.25, -0.2) is 4.39 Å². The molecular formula is C13H17FO5S. The molecule has 0 radical (unpaired) electrons. The highest BCUT2D eigenvalue weighted by Gasteiger charge is 2.15. The number of carbonyl (C=O) groups excluding carboxylic acids is 1. The molecule has 0 aliphatic rings. The second-order valence-corrected chi connectivity index (χ2v) is 5.96. The van der Waals surface area contributed by atoms with Gasteiger partial charge in [0.25, 0.3) is 10.1 Å². The first kappa shape index (κ1) is 16.6. The van der Waals surface area contributed by atoms with Crippen LogP contribution in [0.15, 0.2) is 24.3 Å². The molecule has 7 heteroatoms. The zero-order valence-corrected chi connectivity index (χ0v) is 12.2. The third-order valence-electron chi connectivity index (χ3n) is 2.46. The summed E-state index contributed by atoms with van der Waals surface area (Å²) in [5.74, 6) is -0.834. The smallest absolute Gasteiger partial charge is 0.303 e. The zero-order chi connectivity index (χ0) is 15.2. The third-order valence-corrected chi connectivity index (χ3v) is 3.05. The van der Waals surface area contributed by atoms with Crippen molar-refractivity contribution in [1.29, 1.82) is 0 Å². The number of esters is 1. The van der Waals surface area contributed by atoms with Gasteiger partial charge >= 0.3 is 5.97 Å². The molecule has 0 aliphatic heterocycles. The lowest BCUT2D eigenvalue weighted by Crippen LogP contribution is -2.11.